The van der Waals surface area contributed by atoms with Crippen molar-refractivity contribution in [2.75, 3.05) is 6.54 Å². The van der Waals surface area contributed by atoms with Gasteiger partial charge in [0.15, 0.2) is 0 Å². The summed E-state index contributed by atoms with van der Waals surface area (Å²) < 4.78 is 0. The van der Waals surface area contributed by atoms with E-state index in [1.165, 1.54) is 18.5 Å². The zero-order valence-corrected chi connectivity index (χ0v) is 12.8. The van der Waals surface area contributed by atoms with Crippen LogP contribution in [0.2, 0.25) is 0 Å². The molecule has 0 fully saturated rings. The Morgan fingerprint density at radius 2 is 1.65 bits per heavy atom. The molecule has 0 saturated carbocycles. The standard InChI is InChI=1S/C16H33N/c1-8-16(10-13(4)5)14(6)11-17-15(7)9-12(2)3/h12-14,16-17H,7-11H2,1-6H3. The number of hydrogen-bond acceptors (Lipinski definition) is 1. The Balaban J connectivity index is 3.97. The zero-order chi connectivity index (χ0) is 13.4. The zero-order valence-electron chi connectivity index (χ0n) is 12.8. The molecule has 1 heteroatoms. The molecule has 0 rings (SSSR count). The molecule has 102 valence electrons. The molecule has 2 atom stereocenters. The highest BCUT2D eigenvalue weighted by atomic mass is 14.9. The second kappa shape index (κ2) is 8.60. The van der Waals surface area contributed by atoms with Gasteiger partial charge in [-0.2, -0.15) is 0 Å². The Morgan fingerprint density at radius 1 is 1.06 bits per heavy atom. The highest BCUT2D eigenvalue weighted by Crippen LogP contribution is 2.23. The lowest BCUT2D eigenvalue weighted by atomic mass is 9.84. The van der Waals surface area contributed by atoms with Crippen LogP contribution in [0.1, 0.15) is 60.8 Å². The third-order valence-electron chi connectivity index (χ3n) is 3.43. The van der Waals surface area contributed by atoms with Gasteiger partial charge in [-0.15, -0.1) is 0 Å². The van der Waals surface area contributed by atoms with E-state index in [0.717, 1.165) is 30.7 Å². The van der Waals surface area contributed by atoms with Gasteiger partial charge in [-0.1, -0.05) is 54.5 Å². The van der Waals surface area contributed by atoms with E-state index in [-0.39, 0.29) is 0 Å². The number of rotatable bonds is 9. The first kappa shape index (κ1) is 16.5. The number of nitrogens with one attached hydrogen (secondary N) is 1. The minimum Gasteiger partial charge on any atom is -0.389 e. The maximum absolute atomic E-state index is 4.10. The minimum atomic E-state index is 0.697. The van der Waals surface area contributed by atoms with Crippen LogP contribution in [0, 0.1) is 23.7 Å². The van der Waals surface area contributed by atoms with Crippen LogP contribution in [0.5, 0.6) is 0 Å². The molecule has 0 aliphatic carbocycles. The molecule has 0 aromatic heterocycles. The summed E-state index contributed by atoms with van der Waals surface area (Å²) in [6.45, 7) is 19.0. The molecular formula is C16H33N. The molecule has 0 aliphatic heterocycles. The molecule has 0 bridgehead atoms. The largest absolute Gasteiger partial charge is 0.389 e. The smallest absolute Gasteiger partial charge is 0.0172 e. The monoisotopic (exact) mass is 239 g/mol. The van der Waals surface area contributed by atoms with Crippen molar-refractivity contribution in [2.24, 2.45) is 23.7 Å². The molecule has 0 aliphatic rings. The average Bonchev–Trinajstić information content (AvgIpc) is 2.21. The summed E-state index contributed by atoms with van der Waals surface area (Å²) >= 11 is 0. The van der Waals surface area contributed by atoms with Gasteiger partial charge < -0.3 is 5.32 Å². The minimum absolute atomic E-state index is 0.697. The molecule has 0 heterocycles. The predicted molar refractivity (Wildman–Crippen MR) is 79.0 cm³/mol. The normalized spacial score (nSPS) is 15.1. The van der Waals surface area contributed by atoms with Crippen LogP contribution in [-0.4, -0.2) is 6.54 Å². The summed E-state index contributed by atoms with van der Waals surface area (Å²) in [7, 11) is 0. The lowest BCUT2D eigenvalue weighted by molar-refractivity contribution is 0.285. The Labute approximate surface area is 109 Å². The Bertz CT molecular complexity index is 206. The van der Waals surface area contributed by atoms with Crippen molar-refractivity contribution < 1.29 is 0 Å². The van der Waals surface area contributed by atoms with Crippen LogP contribution in [-0.2, 0) is 0 Å². The second-order valence-corrected chi connectivity index (χ2v) is 6.36. The molecule has 0 aromatic carbocycles. The van der Waals surface area contributed by atoms with Crippen molar-refractivity contribution >= 4 is 0 Å². The maximum Gasteiger partial charge on any atom is 0.0172 e. The van der Waals surface area contributed by atoms with Crippen LogP contribution >= 0.6 is 0 Å². The lowest BCUT2D eigenvalue weighted by Crippen LogP contribution is -2.26. The van der Waals surface area contributed by atoms with Crippen LogP contribution in [0.15, 0.2) is 12.3 Å². The molecule has 0 radical (unpaired) electrons. The number of hydrogen-bond donors (Lipinski definition) is 1. The van der Waals surface area contributed by atoms with E-state index in [1.807, 2.05) is 0 Å². The molecular weight excluding hydrogens is 206 g/mol. The lowest BCUT2D eigenvalue weighted by Gasteiger charge is -2.25. The van der Waals surface area contributed by atoms with E-state index in [2.05, 4.69) is 53.4 Å². The van der Waals surface area contributed by atoms with Crippen LogP contribution < -0.4 is 5.32 Å². The van der Waals surface area contributed by atoms with Gasteiger partial charge in [0.1, 0.15) is 0 Å². The third-order valence-corrected chi connectivity index (χ3v) is 3.43. The van der Waals surface area contributed by atoms with E-state index in [9.17, 15) is 0 Å². The SMILES string of the molecule is C=C(CC(C)C)NCC(C)C(CC)CC(C)C. The molecule has 0 saturated heterocycles. The van der Waals surface area contributed by atoms with Crippen molar-refractivity contribution in [1.82, 2.24) is 5.32 Å². The molecule has 0 spiro atoms. The maximum atomic E-state index is 4.10. The van der Waals surface area contributed by atoms with Gasteiger partial charge in [-0.25, -0.2) is 0 Å². The van der Waals surface area contributed by atoms with Gasteiger partial charge >= 0.3 is 0 Å². The van der Waals surface area contributed by atoms with E-state index in [1.54, 1.807) is 0 Å². The first-order chi connectivity index (χ1) is 7.86. The fraction of sp³-hybridized carbons (Fsp3) is 0.875. The van der Waals surface area contributed by atoms with Gasteiger partial charge in [0.05, 0.1) is 0 Å². The predicted octanol–water partition coefficient (Wildman–Crippen LogP) is 4.84. The Kier molecular flexibility index (Phi) is 8.37. The summed E-state index contributed by atoms with van der Waals surface area (Å²) in [6, 6.07) is 0. The van der Waals surface area contributed by atoms with Crippen LogP contribution in [0.4, 0.5) is 0 Å². The molecule has 1 N–H and O–H groups in total. The summed E-state index contributed by atoms with van der Waals surface area (Å²) in [5.41, 5.74) is 1.20. The van der Waals surface area contributed by atoms with Crippen LogP contribution in [0.25, 0.3) is 0 Å². The summed E-state index contributed by atoms with van der Waals surface area (Å²) in [4.78, 5) is 0. The van der Waals surface area contributed by atoms with Crippen molar-refractivity contribution in [3.05, 3.63) is 12.3 Å². The highest BCUT2D eigenvalue weighted by Gasteiger charge is 2.16. The number of allylic oxidation sites excluding steroid dienone is 1. The van der Waals surface area contributed by atoms with E-state index in [0.29, 0.717) is 5.92 Å². The van der Waals surface area contributed by atoms with Gasteiger partial charge in [0.25, 0.3) is 0 Å². The molecule has 17 heavy (non-hydrogen) atoms. The topological polar surface area (TPSA) is 12.0 Å². The van der Waals surface area contributed by atoms with E-state index >= 15 is 0 Å². The van der Waals surface area contributed by atoms with E-state index in [4.69, 9.17) is 0 Å². The summed E-state index contributed by atoms with van der Waals surface area (Å²) in [5.74, 6) is 3.09. The van der Waals surface area contributed by atoms with Crippen molar-refractivity contribution in [1.29, 1.82) is 0 Å². The van der Waals surface area contributed by atoms with Gasteiger partial charge in [0.2, 0.25) is 0 Å². The average molecular weight is 239 g/mol. The van der Waals surface area contributed by atoms with E-state index < -0.39 is 0 Å². The van der Waals surface area contributed by atoms with Crippen molar-refractivity contribution in [3.8, 4) is 0 Å². The van der Waals surface area contributed by atoms with Crippen LogP contribution in [0.3, 0.4) is 0 Å². The van der Waals surface area contributed by atoms with Crippen molar-refractivity contribution in [3.63, 3.8) is 0 Å². The molecule has 1 nitrogen and oxygen atoms in total. The fourth-order valence-corrected chi connectivity index (χ4v) is 2.44. The Morgan fingerprint density at radius 3 is 2.06 bits per heavy atom. The molecule has 0 aromatic rings. The summed E-state index contributed by atoms with van der Waals surface area (Å²) in [6.07, 6.45) is 3.72. The third kappa shape index (κ3) is 8.29. The second-order valence-electron chi connectivity index (χ2n) is 6.36. The molecule has 0 amide bonds. The highest BCUT2D eigenvalue weighted by molar-refractivity contribution is 4.92. The van der Waals surface area contributed by atoms with Gasteiger partial charge in [-0.05, 0) is 36.5 Å². The Hall–Kier alpha value is -0.460. The van der Waals surface area contributed by atoms with Gasteiger partial charge in [0, 0.05) is 12.2 Å². The fourth-order valence-electron chi connectivity index (χ4n) is 2.44. The van der Waals surface area contributed by atoms with Crippen molar-refractivity contribution in [2.45, 2.75) is 60.8 Å². The molecule has 2 unspecified atom stereocenters. The summed E-state index contributed by atoms with van der Waals surface area (Å²) in [5, 5.41) is 3.51. The van der Waals surface area contributed by atoms with Gasteiger partial charge in [-0.3, -0.25) is 0 Å². The first-order valence-corrected chi connectivity index (χ1v) is 7.28. The quantitative estimate of drug-likeness (QED) is 0.607. The first-order valence-electron chi connectivity index (χ1n) is 7.28.